The average molecular weight is 694 g/mol. The van der Waals surface area contributed by atoms with Gasteiger partial charge < -0.3 is 9.47 Å². The maximum atomic E-state index is 6.57. The van der Waals surface area contributed by atoms with Crippen molar-refractivity contribution in [2.75, 3.05) is 13.2 Å². The molecule has 49 heavy (non-hydrogen) atoms. The summed E-state index contributed by atoms with van der Waals surface area (Å²) in [5.41, 5.74) is 0. The Balaban J connectivity index is 1.36. The Kier molecular flexibility index (Phi) is 23.5. The minimum Gasteiger partial charge on any atom is -0.492 e. The van der Waals surface area contributed by atoms with E-state index in [-0.39, 0.29) is 0 Å². The number of rotatable bonds is 32. The molecule has 0 radical (unpaired) electrons. The van der Waals surface area contributed by atoms with Gasteiger partial charge in [0.05, 0.1) is 13.2 Å². The van der Waals surface area contributed by atoms with Crippen LogP contribution in [-0.4, -0.2) is 13.2 Å². The Morgan fingerprint density at radius 1 is 0.367 bits per heavy atom. The van der Waals surface area contributed by atoms with E-state index in [1.165, 1.54) is 167 Å². The normalized spacial score (nSPS) is 11.6. The van der Waals surface area contributed by atoms with Crippen LogP contribution in [0.2, 0.25) is 5.02 Å². The van der Waals surface area contributed by atoms with Crippen LogP contribution in [0.4, 0.5) is 0 Å². The second kappa shape index (κ2) is 27.8. The van der Waals surface area contributed by atoms with E-state index in [4.69, 9.17) is 21.1 Å². The first-order chi connectivity index (χ1) is 24.3. The highest BCUT2D eigenvalue weighted by molar-refractivity contribution is 6.31. The van der Waals surface area contributed by atoms with E-state index in [2.05, 4.69) is 50.2 Å². The van der Waals surface area contributed by atoms with Crippen LogP contribution in [0, 0.1) is 0 Å². The molecule has 0 aromatic heterocycles. The van der Waals surface area contributed by atoms with Crippen molar-refractivity contribution < 1.29 is 9.47 Å². The third kappa shape index (κ3) is 17.2. The molecule has 0 saturated carbocycles. The van der Waals surface area contributed by atoms with Crippen molar-refractivity contribution >= 4 is 33.1 Å². The first-order valence-corrected chi connectivity index (χ1v) is 21.5. The summed E-state index contributed by atoms with van der Waals surface area (Å²) in [5, 5.41) is 5.16. The van der Waals surface area contributed by atoms with Crippen molar-refractivity contribution in [2.24, 2.45) is 0 Å². The lowest BCUT2D eigenvalue weighted by atomic mass is 10.0. The van der Waals surface area contributed by atoms with Gasteiger partial charge in [-0.1, -0.05) is 217 Å². The summed E-state index contributed by atoms with van der Waals surface area (Å²) < 4.78 is 13.1. The second-order valence-electron chi connectivity index (χ2n) is 14.8. The van der Waals surface area contributed by atoms with Crippen molar-refractivity contribution in [3.8, 4) is 11.5 Å². The molecule has 3 rings (SSSR count). The summed E-state index contributed by atoms with van der Waals surface area (Å²) in [6.45, 7) is 6.08. The van der Waals surface area contributed by atoms with Gasteiger partial charge >= 0.3 is 0 Å². The van der Waals surface area contributed by atoms with Crippen molar-refractivity contribution in [1.29, 1.82) is 0 Å². The fraction of sp³-hybridized carbons (Fsp3) is 0.696. The standard InChI is InChI=1S/C46H73ClO2/c1-3-5-7-9-11-13-15-17-19-21-23-25-27-31-37-48-45-41-33-29-30-34-42(41)46(44-39-40(47)35-36-43(44)45)49-38-32-28-26-24-22-20-18-16-14-12-10-8-6-4-2/h29-30,33-36,39H,3-28,31-32,37-38H2,1-2H3. The third-order valence-electron chi connectivity index (χ3n) is 10.4. The van der Waals surface area contributed by atoms with E-state index in [1.54, 1.807) is 0 Å². The van der Waals surface area contributed by atoms with Gasteiger partial charge in [-0.3, -0.25) is 0 Å². The number of hydrogen-bond donors (Lipinski definition) is 0. The van der Waals surface area contributed by atoms with Gasteiger partial charge in [0.1, 0.15) is 11.5 Å². The zero-order chi connectivity index (χ0) is 34.6. The van der Waals surface area contributed by atoms with Gasteiger partial charge in [0.15, 0.2) is 0 Å². The highest BCUT2D eigenvalue weighted by Crippen LogP contribution is 2.43. The van der Waals surface area contributed by atoms with Crippen molar-refractivity contribution in [1.82, 2.24) is 0 Å². The molecule has 0 spiro atoms. The van der Waals surface area contributed by atoms with E-state index in [0.717, 1.165) is 64.1 Å². The van der Waals surface area contributed by atoms with E-state index in [0.29, 0.717) is 0 Å². The Hall–Kier alpha value is -1.93. The molecule has 0 atom stereocenters. The molecular weight excluding hydrogens is 620 g/mol. The third-order valence-corrected chi connectivity index (χ3v) is 10.6. The molecule has 0 heterocycles. The minimum absolute atomic E-state index is 0.738. The summed E-state index contributed by atoms with van der Waals surface area (Å²) in [4.78, 5) is 0. The number of unbranched alkanes of at least 4 members (excludes halogenated alkanes) is 26. The largest absolute Gasteiger partial charge is 0.492 e. The van der Waals surface area contributed by atoms with Crippen LogP contribution >= 0.6 is 11.6 Å². The monoisotopic (exact) mass is 693 g/mol. The number of fused-ring (bicyclic) bond motifs is 2. The number of ether oxygens (including phenoxy) is 2. The van der Waals surface area contributed by atoms with Gasteiger partial charge in [-0.15, -0.1) is 0 Å². The molecule has 0 amide bonds. The molecule has 0 aliphatic carbocycles. The van der Waals surface area contributed by atoms with Crippen LogP contribution in [-0.2, 0) is 0 Å². The van der Waals surface area contributed by atoms with Gasteiger partial charge in [0.2, 0.25) is 0 Å². The van der Waals surface area contributed by atoms with Crippen LogP contribution < -0.4 is 9.47 Å². The van der Waals surface area contributed by atoms with Crippen molar-refractivity contribution in [3.63, 3.8) is 0 Å². The Labute approximate surface area is 307 Å². The molecule has 276 valence electrons. The quantitative estimate of drug-likeness (QED) is 0.0479. The summed E-state index contributed by atoms with van der Waals surface area (Å²) in [7, 11) is 0. The van der Waals surface area contributed by atoms with E-state index >= 15 is 0 Å². The van der Waals surface area contributed by atoms with Crippen LogP contribution in [0.1, 0.15) is 194 Å². The lowest BCUT2D eigenvalue weighted by molar-refractivity contribution is 0.306. The highest BCUT2D eigenvalue weighted by Gasteiger charge is 2.16. The molecule has 0 aliphatic rings. The zero-order valence-electron chi connectivity index (χ0n) is 31.9. The van der Waals surface area contributed by atoms with Crippen LogP contribution in [0.5, 0.6) is 11.5 Å². The molecule has 0 bridgehead atoms. The maximum Gasteiger partial charge on any atom is 0.135 e. The van der Waals surface area contributed by atoms with E-state index < -0.39 is 0 Å². The lowest BCUT2D eigenvalue weighted by Gasteiger charge is -2.18. The molecule has 0 fully saturated rings. The predicted molar refractivity (Wildman–Crippen MR) is 218 cm³/mol. The van der Waals surface area contributed by atoms with Gasteiger partial charge in [0, 0.05) is 26.6 Å². The average Bonchev–Trinajstić information content (AvgIpc) is 3.12. The minimum atomic E-state index is 0.738. The van der Waals surface area contributed by atoms with Gasteiger partial charge in [-0.05, 0) is 31.0 Å². The fourth-order valence-corrected chi connectivity index (χ4v) is 7.50. The fourth-order valence-electron chi connectivity index (χ4n) is 7.32. The SMILES string of the molecule is CCCCCCCCCCCCCCCCOc1c2ccccc2c(OCCCCCCCCCCCCCCCC)c2cc(Cl)ccc12. The molecule has 0 saturated heterocycles. The number of hydrogen-bond acceptors (Lipinski definition) is 2. The van der Waals surface area contributed by atoms with Crippen molar-refractivity contribution in [3.05, 3.63) is 47.5 Å². The Bertz CT molecular complexity index is 1240. The van der Waals surface area contributed by atoms with Crippen LogP contribution in [0.15, 0.2) is 42.5 Å². The number of benzene rings is 3. The van der Waals surface area contributed by atoms with Gasteiger partial charge in [0.25, 0.3) is 0 Å². The van der Waals surface area contributed by atoms with Gasteiger partial charge in [-0.25, -0.2) is 0 Å². The smallest absolute Gasteiger partial charge is 0.135 e. The second-order valence-corrected chi connectivity index (χ2v) is 15.2. The molecule has 2 nitrogen and oxygen atoms in total. The molecule has 3 aromatic rings. The van der Waals surface area contributed by atoms with Crippen molar-refractivity contribution in [2.45, 2.75) is 194 Å². The Morgan fingerprint density at radius 3 is 1.04 bits per heavy atom. The first-order valence-electron chi connectivity index (χ1n) is 21.2. The topological polar surface area (TPSA) is 18.5 Å². The predicted octanol–water partition coefficient (Wildman–Crippen LogP) is 16.4. The zero-order valence-corrected chi connectivity index (χ0v) is 32.7. The molecule has 0 aliphatic heterocycles. The summed E-state index contributed by atoms with van der Waals surface area (Å²) in [5.74, 6) is 1.92. The molecular formula is C46H73ClO2. The van der Waals surface area contributed by atoms with E-state index in [9.17, 15) is 0 Å². The lowest BCUT2D eigenvalue weighted by Crippen LogP contribution is -2.02. The summed E-state index contributed by atoms with van der Waals surface area (Å²) in [6, 6.07) is 14.7. The van der Waals surface area contributed by atoms with Crippen LogP contribution in [0.25, 0.3) is 21.5 Å². The first kappa shape index (κ1) is 41.5. The Morgan fingerprint density at radius 2 is 0.673 bits per heavy atom. The maximum absolute atomic E-state index is 6.57. The summed E-state index contributed by atoms with van der Waals surface area (Å²) in [6.07, 6.45) is 38.2. The molecule has 0 N–H and O–H groups in total. The highest BCUT2D eigenvalue weighted by atomic mass is 35.5. The van der Waals surface area contributed by atoms with Crippen LogP contribution in [0.3, 0.4) is 0 Å². The molecule has 3 aromatic carbocycles. The van der Waals surface area contributed by atoms with Gasteiger partial charge in [-0.2, -0.15) is 0 Å². The molecule has 3 heteroatoms. The summed E-state index contributed by atoms with van der Waals surface area (Å²) >= 11 is 6.54. The number of halogens is 1. The molecule has 0 unspecified atom stereocenters. The van der Waals surface area contributed by atoms with E-state index in [1.807, 2.05) is 6.07 Å².